The number of carbonyl (C=O) groups is 1. The van der Waals surface area contributed by atoms with Crippen molar-refractivity contribution in [3.63, 3.8) is 0 Å². The van der Waals surface area contributed by atoms with Crippen LogP contribution in [0.25, 0.3) is 0 Å². The van der Waals surface area contributed by atoms with Crippen molar-refractivity contribution < 1.29 is 23.4 Å². The SMILES string of the molecule is COCC(C)Nc1cc(C(=O)O)c(F)cc1F. The van der Waals surface area contributed by atoms with Crippen molar-refractivity contribution >= 4 is 11.7 Å². The van der Waals surface area contributed by atoms with Crippen LogP contribution in [0.5, 0.6) is 0 Å². The van der Waals surface area contributed by atoms with Gasteiger partial charge in [0, 0.05) is 19.2 Å². The van der Waals surface area contributed by atoms with Gasteiger partial charge in [0.05, 0.1) is 17.9 Å². The van der Waals surface area contributed by atoms with E-state index in [1.54, 1.807) is 6.92 Å². The van der Waals surface area contributed by atoms with Crippen LogP contribution in [0.3, 0.4) is 0 Å². The van der Waals surface area contributed by atoms with Gasteiger partial charge in [0.2, 0.25) is 0 Å². The molecule has 0 radical (unpaired) electrons. The van der Waals surface area contributed by atoms with Crippen LogP contribution in [-0.2, 0) is 4.74 Å². The zero-order chi connectivity index (χ0) is 13.0. The second-order valence-corrected chi connectivity index (χ2v) is 3.62. The van der Waals surface area contributed by atoms with Gasteiger partial charge in [-0.05, 0) is 13.0 Å². The lowest BCUT2D eigenvalue weighted by molar-refractivity contribution is 0.0692. The largest absolute Gasteiger partial charge is 0.478 e. The molecule has 0 heterocycles. The number of nitrogens with one attached hydrogen (secondary N) is 1. The second-order valence-electron chi connectivity index (χ2n) is 3.62. The summed E-state index contributed by atoms with van der Waals surface area (Å²) >= 11 is 0. The number of benzene rings is 1. The Labute approximate surface area is 97.2 Å². The highest BCUT2D eigenvalue weighted by atomic mass is 19.1. The molecule has 0 fully saturated rings. The van der Waals surface area contributed by atoms with E-state index in [-0.39, 0.29) is 11.7 Å². The minimum Gasteiger partial charge on any atom is -0.478 e. The molecule has 0 aliphatic carbocycles. The maximum Gasteiger partial charge on any atom is 0.338 e. The lowest BCUT2D eigenvalue weighted by Gasteiger charge is -2.15. The fraction of sp³-hybridized carbons (Fsp3) is 0.364. The highest BCUT2D eigenvalue weighted by molar-refractivity contribution is 5.89. The Morgan fingerprint density at radius 2 is 2.12 bits per heavy atom. The van der Waals surface area contributed by atoms with Gasteiger partial charge in [0.25, 0.3) is 0 Å². The van der Waals surface area contributed by atoms with Crippen LogP contribution in [0.4, 0.5) is 14.5 Å². The molecule has 1 unspecified atom stereocenters. The zero-order valence-corrected chi connectivity index (χ0v) is 9.46. The number of hydrogen-bond donors (Lipinski definition) is 2. The molecule has 0 spiro atoms. The van der Waals surface area contributed by atoms with Crippen molar-refractivity contribution in [3.8, 4) is 0 Å². The number of halogens is 2. The van der Waals surface area contributed by atoms with Crippen molar-refractivity contribution in [2.45, 2.75) is 13.0 Å². The van der Waals surface area contributed by atoms with E-state index in [0.29, 0.717) is 12.7 Å². The van der Waals surface area contributed by atoms with E-state index in [0.717, 1.165) is 6.07 Å². The molecule has 1 rings (SSSR count). The molecule has 0 aromatic heterocycles. The first-order valence-electron chi connectivity index (χ1n) is 4.93. The van der Waals surface area contributed by atoms with Crippen LogP contribution >= 0.6 is 0 Å². The summed E-state index contributed by atoms with van der Waals surface area (Å²) in [4.78, 5) is 10.7. The smallest absolute Gasteiger partial charge is 0.338 e. The van der Waals surface area contributed by atoms with Gasteiger partial charge in [-0.25, -0.2) is 13.6 Å². The lowest BCUT2D eigenvalue weighted by Crippen LogP contribution is -2.22. The molecule has 94 valence electrons. The number of ether oxygens (including phenoxy) is 1. The molecule has 2 N–H and O–H groups in total. The van der Waals surface area contributed by atoms with Crippen molar-refractivity contribution in [1.29, 1.82) is 0 Å². The van der Waals surface area contributed by atoms with Gasteiger partial charge in [0.15, 0.2) is 0 Å². The van der Waals surface area contributed by atoms with Crippen molar-refractivity contribution in [3.05, 3.63) is 29.3 Å². The molecule has 0 aliphatic rings. The van der Waals surface area contributed by atoms with Crippen molar-refractivity contribution in [2.24, 2.45) is 0 Å². The van der Waals surface area contributed by atoms with E-state index in [1.807, 2.05) is 0 Å². The third kappa shape index (κ3) is 3.39. The number of methoxy groups -OCH3 is 1. The normalized spacial score (nSPS) is 12.2. The number of rotatable bonds is 5. The molecule has 0 saturated carbocycles. The molecule has 0 aliphatic heterocycles. The average molecular weight is 245 g/mol. The summed E-state index contributed by atoms with van der Waals surface area (Å²) in [5, 5.41) is 11.4. The molecule has 0 amide bonds. The molecule has 1 aromatic carbocycles. The van der Waals surface area contributed by atoms with E-state index >= 15 is 0 Å². The quantitative estimate of drug-likeness (QED) is 0.834. The second kappa shape index (κ2) is 5.58. The predicted octanol–water partition coefficient (Wildman–Crippen LogP) is 2.11. The summed E-state index contributed by atoms with van der Waals surface area (Å²) in [6.45, 7) is 2.05. The molecular formula is C11H13F2NO3. The minimum absolute atomic E-state index is 0.0617. The van der Waals surface area contributed by atoms with Gasteiger partial charge < -0.3 is 15.2 Å². The number of aromatic carboxylic acids is 1. The highest BCUT2D eigenvalue weighted by Gasteiger charge is 2.16. The summed E-state index contributed by atoms with van der Waals surface area (Å²) in [5.41, 5.74) is -0.633. The molecule has 0 saturated heterocycles. The zero-order valence-electron chi connectivity index (χ0n) is 9.46. The Kier molecular flexibility index (Phi) is 4.39. The third-order valence-corrected chi connectivity index (χ3v) is 2.11. The summed E-state index contributed by atoms with van der Waals surface area (Å²) in [6.07, 6.45) is 0. The van der Waals surface area contributed by atoms with E-state index < -0.39 is 23.2 Å². The van der Waals surface area contributed by atoms with Gasteiger partial charge in [-0.2, -0.15) is 0 Å². The van der Waals surface area contributed by atoms with Gasteiger partial charge >= 0.3 is 5.97 Å². The number of carboxylic acids is 1. The van der Waals surface area contributed by atoms with E-state index in [1.165, 1.54) is 7.11 Å². The Bertz CT molecular complexity index is 423. The monoisotopic (exact) mass is 245 g/mol. The Morgan fingerprint density at radius 3 is 2.65 bits per heavy atom. The highest BCUT2D eigenvalue weighted by Crippen LogP contribution is 2.20. The van der Waals surface area contributed by atoms with E-state index in [4.69, 9.17) is 9.84 Å². The van der Waals surface area contributed by atoms with Gasteiger partial charge in [-0.1, -0.05) is 0 Å². The van der Waals surface area contributed by atoms with E-state index in [2.05, 4.69) is 5.32 Å². The number of hydrogen-bond acceptors (Lipinski definition) is 3. The topological polar surface area (TPSA) is 58.6 Å². The van der Waals surface area contributed by atoms with Gasteiger partial charge in [0.1, 0.15) is 11.6 Å². The molecule has 1 aromatic rings. The maximum absolute atomic E-state index is 13.4. The summed E-state index contributed by atoms with van der Waals surface area (Å²) in [7, 11) is 1.49. The summed E-state index contributed by atoms with van der Waals surface area (Å²) in [6, 6.07) is 1.26. The molecule has 6 heteroatoms. The van der Waals surface area contributed by atoms with Crippen LogP contribution in [-0.4, -0.2) is 30.8 Å². The van der Waals surface area contributed by atoms with Gasteiger partial charge in [-0.15, -0.1) is 0 Å². The Balaban J connectivity index is 2.99. The maximum atomic E-state index is 13.4. The standard InChI is InChI=1S/C11H13F2NO3/c1-6(5-17-2)14-10-3-7(11(15)16)8(12)4-9(10)13/h3-4,6,14H,5H2,1-2H3,(H,15,16). The molecule has 1 atom stereocenters. The first kappa shape index (κ1) is 13.4. The predicted molar refractivity (Wildman–Crippen MR) is 58.3 cm³/mol. The fourth-order valence-electron chi connectivity index (χ4n) is 1.38. The molecule has 0 bridgehead atoms. The molecule has 4 nitrogen and oxygen atoms in total. The fourth-order valence-corrected chi connectivity index (χ4v) is 1.38. The van der Waals surface area contributed by atoms with Crippen LogP contribution in [0, 0.1) is 11.6 Å². The van der Waals surface area contributed by atoms with Crippen LogP contribution in [0.2, 0.25) is 0 Å². The summed E-state index contributed by atoms with van der Waals surface area (Å²) in [5.74, 6) is -3.37. The van der Waals surface area contributed by atoms with Crippen LogP contribution in [0.1, 0.15) is 17.3 Å². The Hall–Kier alpha value is -1.69. The minimum atomic E-state index is -1.44. The first-order valence-corrected chi connectivity index (χ1v) is 4.93. The first-order chi connectivity index (χ1) is 7.95. The number of anilines is 1. The van der Waals surface area contributed by atoms with Crippen LogP contribution in [0.15, 0.2) is 12.1 Å². The average Bonchev–Trinajstić information content (AvgIpc) is 2.21. The van der Waals surface area contributed by atoms with Gasteiger partial charge in [-0.3, -0.25) is 0 Å². The van der Waals surface area contributed by atoms with E-state index in [9.17, 15) is 13.6 Å². The summed E-state index contributed by atoms with van der Waals surface area (Å²) < 4.78 is 31.3. The van der Waals surface area contributed by atoms with Crippen LogP contribution < -0.4 is 5.32 Å². The number of carboxylic acid groups (broad SMARTS) is 1. The lowest BCUT2D eigenvalue weighted by atomic mass is 10.1. The third-order valence-electron chi connectivity index (χ3n) is 2.11. The van der Waals surface area contributed by atoms with Crippen molar-refractivity contribution in [1.82, 2.24) is 0 Å². The Morgan fingerprint density at radius 1 is 1.47 bits per heavy atom. The van der Waals surface area contributed by atoms with Crippen molar-refractivity contribution in [2.75, 3.05) is 19.0 Å². The molecule has 17 heavy (non-hydrogen) atoms. The molecular weight excluding hydrogens is 232 g/mol.